The number of allylic oxidation sites excluding steroid dienone is 4. The van der Waals surface area contributed by atoms with E-state index in [0.717, 1.165) is 34.6 Å². The molecular formula is C23H24N4O3. The van der Waals surface area contributed by atoms with E-state index in [1.165, 1.54) is 7.05 Å². The van der Waals surface area contributed by atoms with Crippen LogP contribution in [0.15, 0.2) is 42.5 Å². The minimum absolute atomic E-state index is 0. The number of benzene rings is 1. The summed E-state index contributed by atoms with van der Waals surface area (Å²) in [6, 6.07) is 6.93. The lowest BCUT2D eigenvalue weighted by Gasteiger charge is -2.17. The third-order valence-corrected chi connectivity index (χ3v) is 5.55. The number of amides is 3. The van der Waals surface area contributed by atoms with Crippen molar-refractivity contribution in [3.05, 3.63) is 70.4 Å². The third kappa shape index (κ3) is 3.32. The van der Waals surface area contributed by atoms with Gasteiger partial charge in [-0.05, 0) is 61.6 Å². The summed E-state index contributed by atoms with van der Waals surface area (Å²) in [5, 5.41) is 11.1. The van der Waals surface area contributed by atoms with Gasteiger partial charge in [0, 0.05) is 8.47 Å². The molecular weight excluding hydrogens is 380 g/mol. The average molecular weight is 404 g/mol. The predicted molar refractivity (Wildman–Crippen MR) is 115 cm³/mol. The number of fused-ring (bicyclic) bond motifs is 1. The standard InChI is InChI=1S/C23H22N4O3.H2/c1-13-9-10-16-20(23(30)27(3)22(16)29)19(13)14(2)21(28)24-18-12-11-17(25-26-18)15-7-5-4-6-8-15;/h5,7-12,14H,4,6H2,1-3H3,(H,24,26,28);1H. The van der Waals surface area contributed by atoms with Crippen LogP contribution in [-0.4, -0.2) is 39.9 Å². The Morgan fingerprint density at radius 1 is 1.13 bits per heavy atom. The van der Waals surface area contributed by atoms with Crippen LogP contribution in [0, 0.1) is 6.92 Å². The number of nitrogens with zero attached hydrogens (tertiary/aromatic N) is 3. The molecule has 7 nitrogen and oxygen atoms in total. The molecule has 30 heavy (non-hydrogen) atoms. The second-order valence-corrected chi connectivity index (χ2v) is 7.54. The molecule has 0 saturated heterocycles. The molecule has 1 atom stereocenters. The van der Waals surface area contributed by atoms with Crippen LogP contribution >= 0.6 is 0 Å². The molecule has 4 rings (SSSR count). The third-order valence-electron chi connectivity index (χ3n) is 5.55. The van der Waals surface area contributed by atoms with Gasteiger partial charge in [0.05, 0.1) is 22.7 Å². The van der Waals surface area contributed by atoms with Gasteiger partial charge in [-0.1, -0.05) is 24.3 Å². The molecule has 0 radical (unpaired) electrons. The van der Waals surface area contributed by atoms with Gasteiger partial charge in [-0.2, -0.15) is 0 Å². The molecule has 0 fully saturated rings. The maximum absolute atomic E-state index is 12.9. The normalized spacial score (nSPS) is 16.4. The van der Waals surface area contributed by atoms with Crippen molar-refractivity contribution in [1.82, 2.24) is 15.1 Å². The Balaban J connectivity index is 0.00000272. The zero-order chi connectivity index (χ0) is 21.4. The fourth-order valence-electron chi connectivity index (χ4n) is 3.85. The number of rotatable bonds is 4. The molecule has 0 saturated carbocycles. The molecule has 1 aromatic heterocycles. The topological polar surface area (TPSA) is 92.3 Å². The van der Waals surface area contributed by atoms with Gasteiger partial charge < -0.3 is 5.32 Å². The number of hydrogen-bond donors (Lipinski definition) is 1. The monoisotopic (exact) mass is 404 g/mol. The van der Waals surface area contributed by atoms with Crippen LogP contribution in [-0.2, 0) is 4.79 Å². The van der Waals surface area contributed by atoms with E-state index in [1.807, 2.05) is 19.1 Å². The van der Waals surface area contributed by atoms with Crippen LogP contribution in [0.3, 0.4) is 0 Å². The van der Waals surface area contributed by atoms with Crippen LogP contribution in [0.5, 0.6) is 0 Å². The minimum atomic E-state index is -0.645. The molecule has 0 spiro atoms. The Hall–Kier alpha value is -3.61. The summed E-state index contributed by atoms with van der Waals surface area (Å²) in [6.45, 7) is 3.54. The maximum Gasteiger partial charge on any atom is 0.261 e. The molecule has 1 unspecified atom stereocenters. The van der Waals surface area contributed by atoms with Crippen molar-refractivity contribution in [2.75, 3.05) is 12.4 Å². The Morgan fingerprint density at radius 2 is 1.93 bits per heavy atom. The van der Waals surface area contributed by atoms with Gasteiger partial charge in [0.15, 0.2) is 5.82 Å². The molecule has 3 amide bonds. The van der Waals surface area contributed by atoms with Crippen molar-refractivity contribution >= 4 is 29.1 Å². The molecule has 0 bridgehead atoms. The first-order chi connectivity index (χ1) is 14.4. The van der Waals surface area contributed by atoms with E-state index in [1.54, 1.807) is 25.1 Å². The number of carbonyl (C=O) groups excluding carboxylic acids is 3. The van der Waals surface area contributed by atoms with Gasteiger partial charge in [0.25, 0.3) is 11.8 Å². The molecule has 154 valence electrons. The summed E-state index contributed by atoms with van der Waals surface area (Å²) in [4.78, 5) is 38.9. The van der Waals surface area contributed by atoms with Crippen molar-refractivity contribution in [3.63, 3.8) is 0 Å². The van der Waals surface area contributed by atoms with Gasteiger partial charge in [-0.25, -0.2) is 0 Å². The number of imide groups is 1. The smallest absolute Gasteiger partial charge is 0.261 e. The quantitative estimate of drug-likeness (QED) is 0.784. The summed E-state index contributed by atoms with van der Waals surface area (Å²) in [7, 11) is 1.45. The summed E-state index contributed by atoms with van der Waals surface area (Å²) < 4.78 is 0. The number of carbonyl (C=O) groups is 3. The van der Waals surface area contributed by atoms with Crippen LogP contribution in [0.1, 0.15) is 64.6 Å². The van der Waals surface area contributed by atoms with Gasteiger partial charge in [0.2, 0.25) is 5.91 Å². The van der Waals surface area contributed by atoms with Gasteiger partial charge in [-0.3, -0.25) is 19.3 Å². The fraction of sp³-hybridized carbons (Fsp3) is 0.261. The van der Waals surface area contributed by atoms with E-state index >= 15 is 0 Å². The highest BCUT2D eigenvalue weighted by atomic mass is 16.2. The van der Waals surface area contributed by atoms with Crippen molar-refractivity contribution < 1.29 is 15.8 Å². The highest BCUT2D eigenvalue weighted by Crippen LogP contribution is 2.33. The van der Waals surface area contributed by atoms with Crippen molar-refractivity contribution in [2.24, 2.45) is 0 Å². The Kier molecular flexibility index (Phi) is 5.03. The first-order valence-electron chi connectivity index (χ1n) is 9.86. The number of aromatic nitrogens is 2. The Morgan fingerprint density at radius 3 is 2.60 bits per heavy atom. The molecule has 2 aromatic rings. The Labute approximate surface area is 176 Å². The fourth-order valence-corrected chi connectivity index (χ4v) is 3.85. The first-order valence-corrected chi connectivity index (χ1v) is 9.86. The van der Waals surface area contributed by atoms with Crippen molar-refractivity contribution in [2.45, 2.75) is 32.6 Å². The molecule has 1 N–H and O–H groups in total. The van der Waals surface area contributed by atoms with Crippen LogP contribution in [0.25, 0.3) is 5.57 Å². The number of hydrogen-bond acceptors (Lipinski definition) is 5. The van der Waals surface area contributed by atoms with E-state index in [0.29, 0.717) is 22.5 Å². The molecule has 7 heteroatoms. The van der Waals surface area contributed by atoms with E-state index in [4.69, 9.17) is 0 Å². The second-order valence-electron chi connectivity index (χ2n) is 7.54. The largest absolute Gasteiger partial charge is 0.309 e. The number of nitrogens with one attached hydrogen (secondary N) is 1. The van der Waals surface area contributed by atoms with E-state index in [2.05, 4.69) is 27.7 Å². The highest BCUT2D eigenvalue weighted by molar-refractivity contribution is 6.22. The van der Waals surface area contributed by atoms with Gasteiger partial charge in [-0.15, -0.1) is 10.2 Å². The minimum Gasteiger partial charge on any atom is -0.309 e. The Bertz CT molecular complexity index is 1120. The molecule has 2 heterocycles. The lowest BCUT2D eigenvalue weighted by Crippen LogP contribution is -2.26. The van der Waals surface area contributed by atoms with Crippen LogP contribution in [0.4, 0.5) is 5.82 Å². The predicted octanol–water partition coefficient (Wildman–Crippen LogP) is 3.73. The van der Waals surface area contributed by atoms with Crippen LogP contribution < -0.4 is 5.32 Å². The zero-order valence-corrected chi connectivity index (χ0v) is 17.1. The lowest BCUT2D eigenvalue weighted by atomic mass is 9.88. The van der Waals surface area contributed by atoms with E-state index < -0.39 is 5.92 Å². The van der Waals surface area contributed by atoms with E-state index in [9.17, 15) is 14.4 Å². The summed E-state index contributed by atoms with van der Waals surface area (Å²) in [6.07, 6.45) is 8.22. The molecule has 1 aliphatic carbocycles. The number of anilines is 1. The van der Waals surface area contributed by atoms with Crippen molar-refractivity contribution in [1.29, 1.82) is 0 Å². The SMILES string of the molecule is Cc1ccc2c(c1C(C)C(=O)Nc1ccc(C3=CCCC=C3)nn1)C(=O)N(C)C2=O.[HH]. The summed E-state index contributed by atoms with van der Waals surface area (Å²) in [5.41, 5.74) is 3.76. The van der Waals surface area contributed by atoms with Crippen LogP contribution in [0.2, 0.25) is 0 Å². The van der Waals surface area contributed by atoms with E-state index in [-0.39, 0.29) is 19.1 Å². The lowest BCUT2D eigenvalue weighted by molar-refractivity contribution is -0.117. The highest BCUT2D eigenvalue weighted by Gasteiger charge is 2.37. The zero-order valence-electron chi connectivity index (χ0n) is 17.1. The first kappa shape index (κ1) is 19.7. The summed E-state index contributed by atoms with van der Waals surface area (Å²) >= 11 is 0. The van der Waals surface area contributed by atoms with Gasteiger partial charge in [0.1, 0.15) is 0 Å². The molecule has 1 aliphatic heterocycles. The molecule has 1 aromatic carbocycles. The maximum atomic E-state index is 12.9. The molecule has 2 aliphatic rings. The second kappa shape index (κ2) is 7.67. The van der Waals surface area contributed by atoms with Gasteiger partial charge >= 0.3 is 0 Å². The average Bonchev–Trinajstić information content (AvgIpc) is 2.98. The summed E-state index contributed by atoms with van der Waals surface area (Å²) in [5.74, 6) is -1.36. The van der Waals surface area contributed by atoms with Crippen molar-refractivity contribution in [3.8, 4) is 0 Å². The number of aryl methyl sites for hydroxylation is 1.